The van der Waals surface area contributed by atoms with E-state index >= 15 is 0 Å². The Morgan fingerprint density at radius 3 is 2.71 bits per heavy atom. The van der Waals surface area contributed by atoms with Gasteiger partial charge in [0.2, 0.25) is 15.9 Å². The lowest BCUT2D eigenvalue weighted by Gasteiger charge is -2.31. The van der Waals surface area contributed by atoms with Crippen LogP contribution < -0.4 is 10.1 Å². The van der Waals surface area contributed by atoms with Crippen molar-refractivity contribution in [3.8, 4) is 5.75 Å². The van der Waals surface area contributed by atoms with Crippen LogP contribution >= 0.6 is 23.2 Å². The van der Waals surface area contributed by atoms with Crippen LogP contribution in [0.1, 0.15) is 18.4 Å². The Hall–Kier alpha value is -2.32. The van der Waals surface area contributed by atoms with Gasteiger partial charge in [0.15, 0.2) is 0 Å². The molecule has 0 aliphatic carbocycles. The molecule has 1 amide bonds. The fourth-order valence-corrected chi connectivity index (χ4v) is 6.33. The van der Waals surface area contributed by atoms with Crippen LogP contribution in [0.4, 0.5) is 0 Å². The van der Waals surface area contributed by atoms with E-state index in [1.807, 2.05) is 42.5 Å². The summed E-state index contributed by atoms with van der Waals surface area (Å²) in [7, 11) is -3.62. The maximum atomic E-state index is 13.0. The molecule has 34 heavy (non-hydrogen) atoms. The minimum Gasteiger partial charge on any atom is -0.491 e. The van der Waals surface area contributed by atoms with Crippen LogP contribution in [0.5, 0.6) is 5.75 Å². The molecular weight excluding hydrogens is 495 g/mol. The Balaban J connectivity index is 1.29. The number of nitrogens with zero attached hydrogens (tertiary/aromatic N) is 1. The van der Waals surface area contributed by atoms with Gasteiger partial charge in [-0.3, -0.25) is 4.79 Å². The van der Waals surface area contributed by atoms with Crippen molar-refractivity contribution >= 4 is 49.9 Å². The van der Waals surface area contributed by atoms with Gasteiger partial charge in [0, 0.05) is 28.5 Å². The third-order valence-corrected chi connectivity index (χ3v) is 8.29. The number of amides is 1. The van der Waals surface area contributed by atoms with Crippen molar-refractivity contribution in [2.45, 2.75) is 18.6 Å². The zero-order chi connectivity index (χ0) is 24.1. The molecule has 0 saturated carbocycles. The third-order valence-electron chi connectivity index (χ3n) is 5.91. The van der Waals surface area contributed by atoms with Crippen LogP contribution in [0.25, 0.3) is 10.8 Å². The number of hydrogen-bond acceptors (Lipinski definition) is 4. The summed E-state index contributed by atoms with van der Waals surface area (Å²) in [5.41, 5.74) is 0.489. The fraction of sp³-hybridized carbons (Fsp3) is 0.320. The predicted molar refractivity (Wildman–Crippen MR) is 136 cm³/mol. The average Bonchev–Trinajstić information content (AvgIpc) is 2.83. The normalized spacial score (nSPS) is 16.9. The number of rotatable bonds is 8. The van der Waals surface area contributed by atoms with Gasteiger partial charge in [0.05, 0.1) is 18.2 Å². The molecular formula is C25H26Cl2N2O4S. The first-order chi connectivity index (χ1) is 16.3. The maximum Gasteiger partial charge on any atom is 0.224 e. The summed E-state index contributed by atoms with van der Waals surface area (Å²) in [4.78, 5) is 12.7. The maximum absolute atomic E-state index is 13.0. The number of carbonyl (C=O) groups is 1. The molecule has 0 bridgehead atoms. The Labute approximate surface area is 209 Å². The fourth-order valence-electron chi connectivity index (χ4n) is 4.14. The Bertz CT molecular complexity index is 1280. The van der Waals surface area contributed by atoms with Crippen LogP contribution in [0.2, 0.25) is 10.0 Å². The van der Waals surface area contributed by atoms with Crippen LogP contribution in [-0.4, -0.2) is 44.9 Å². The van der Waals surface area contributed by atoms with Gasteiger partial charge < -0.3 is 10.1 Å². The molecule has 0 spiro atoms. The standard InChI is InChI=1S/C25H26Cl2N2O4S/c26-21-11-10-20(23(27)15-21)17-34(31,32)29-13-4-7-19(16-29)25(30)28-12-14-33-24-9-3-6-18-5-1-2-8-22(18)24/h1-3,5-6,8-11,15,19H,4,7,12-14,16-17H2,(H,28,30). The van der Waals surface area contributed by atoms with Gasteiger partial charge in [-0.05, 0) is 42.0 Å². The van der Waals surface area contributed by atoms with Crippen molar-refractivity contribution in [2.75, 3.05) is 26.2 Å². The van der Waals surface area contributed by atoms with E-state index in [4.69, 9.17) is 27.9 Å². The molecule has 1 N–H and O–H groups in total. The highest BCUT2D eigenvalue weighted by molar-refractivity contribution is 7.88. The first-order valence-electron chi connectivity index (χ1n) is 11.1. The Morgan fingerprint density at radius 1 is 1.09 bits per heavy atom. The smallest absolute Gasteiger partial charge is 0.224 e. The second kappa shape index (κ2) is 11.0. The molecule has 1 aliphatic heterocycles. The molecule has 3 aromatic rings. The largest absolute Gasteiger partial charge is 0.491 e. The van der Waals surface area contributed by atoms with E-state index in [9.17, 15) is 13.2 Å². The first-order valence-corrected chi connectivity index (χ1v) is 13.5. The molecule has 0 radical (unpaired) electrons. The zero-order valence-electron chi connectivity index (χ0n) is 18.5. The lowest BCUT2D eigenvalue weighted by molar-refractivity contribution is -0.126. The molecule has 180 valence electrons. The summed E-state index contributed by atoms with van der Waals surface area (Å²) in [6, 6.07) is 18.6. The molecule has 3 aromatic carbocycles. The topological polar surface area (TPSA) is 75.7 Å². The second-order valence-corrected chi connectivity index (χ2v) is 11.1. The summed E-state index contributed by atoms with van der Waals surface area (Å²) in [6.45, 7) is 1.21. The number of ether oxygens (including phenoxy) is 1. The molecule has 0 aromatic heterocycles. The van der Waals surface area contributed by atoms with Crippen molar-refractivity contribution in [2.24, 2.45) is 5.92 Å². The van der Waals surface area contributed by atoms with Crippen molar-refractivity contribution in [1.82, 2.24) is 9.62 Å². The van der Waals surface area contributed by atoms with Crippen molar-refractivity contribution in [3.05, 3.63) is 76.3 Å². The highest BCUT2D eigenvalue weighted by atomic mass is 35.5. The molecule has 6 nitrogen and oxygen atoms in total. The van der Waals surface area contributed by atoms with Crippen LogP contribution in [-0.2, 0) is 20.6 Å². The van der Waals surface area contributed by atoms with Gasteiger partial charge >= 0.3 is 0 Å². The van der Waals surface area contributed by atoms with E-state index in [1.54, 1.807) is 12.1 Å². The minimum absolute atomic E-state index is 0.156. The van der Waals surface area contributed by atoms with Gasteiger partial charge in [-0.1, -0.05) is 65.7 Å². The molecule has 4 rings (SSSR count). The summed E-state index contributed by atoms with van der Waals surface area (Å²) in [6.07, 6.45) is 1.27. The van der Waals surface area contributed by atoms with Gasteiger partial charge in [-0.25, -0.2) is 12.7 Å². The SMILES string of the molecule is O=C(NCCOc1cccc2ccccc12)C1CCCN(S(=O)(=O)Cc2ccc(Cl)cc2Cl)C1. The van der Waals surface area contributed by atoms with Crippen molar-refractivity contribution in [3.63, 3.8) is 0 Å². The van der Waals surface area contributed by atoms with Gasteiger partial charge in [0.1, 0.15) is 12.4 Å². The minimum atomic E-state index is -3.62. The van der Waals surface area contributed by atoms with Crippen molar-refractivity contribution in [1.29, 1.82) is 0 Å². The number of hydrogen-bond donors (Lipinski definition) is 1. The first kappa shape index (κ1) is 24.8. The Kier molecular flexibility index (Phi) is 7.99. The van der Waals surface area contributed by atoms with E-state index in [0.717, 1.165) is 16.5 Å². The summed E-state index contributed by atoms with van der Waals surface area (Å²) in [5.74, 6) is -0.0215. The number of sulfonamides is 1. The van der Waals surface area contributed by atoms with Gasteiger partial charge in [0.25, 0.3) is 0 Å². The van der Waals surface area contributed by atoms with E-state index in [2.05, 4.69) is 5.32 Å². The summed E-state index contributed by atoms with van der Waals surface area (Å²) in [5, 5.41) is 5.76. The molecule has 1 unspecified atom stereocenters. The van der Waals surface area contributed by atoms with Crippen molar-refractivity contribution < 1.29 is 17.9 Å². The van der Waals surface area contributed by atoms with Gasteiger partial charge in [-0.15, -0.1) is 0 Å². The number of nitrogens with one attached hydrogen (secondary N) is 1. The van der Waals surface area contributed by atoms with Crippen LogP contribution in [0.15, 0.2) is 60.7 Å². The summed E-state index contributed by atoms with van der Waals surface area (Å²) < 4.78 is 33.2. The predicted octanol–water partition coefficient (Wildman–Crippen LogP) is 4.88. The number of carbonyl (C=O) groups excluding carboxylic acids is 1. The Morgan fingerprint density at radius 2 is 1.88 bits per heavy atom. The molecule has 1 saturated heterocycles. The van der Waals surface area contributed by atoms with Crippen LogP contribution in [0, 0.1) is 5.92 Å². The van der Waals surface area contributed by atoms with E-state index in [1.165, 1.54) is 10.4 Å². The highest BCUT2D eigenvalue weighted by Gasteiger charge is 2.32. The monoisotopic (exact) mass is 520 g/mol. The quantitative estimate of drug-likeness (QED) is 0.429. The summed E-state index contributed by atoms with van der Waals surface area (Å²) >= 11 is 12.1. The number of benzene rings is 3. The second-order valence-electron chi connectivity index (χ2n) is 8.31. The van der Waals surface area contributed by atoms with Gasteiger partial charge in [-0.2, -0.15) is 0 Å². The van der Waals surface area contributed by atoms with E-state index < -0.39 is 15.9 Å². The number of halogens is 2. The molecule has 9 heteroatoms. The number of piperidine rings is 1. The molecule has 1 fully saturated rings. The lowest BCUT2D eigenvalue weighted by Crippen LogP contribution is -2.46. The highest BCUT2D eigenvalue weighted by Crippen LogP contribution is 2.27. The molecule has 1 atom stereocenters. The zero-order valence-corrected chi connectivity index (χ0v) is 20.9. The average molecular weight is 521 g/mol. The third kappa shape index (κ3) is 6.02. The number of fused-ring (bicyclic) bond motifs is 1. The molecule has 1 heterocycles. The molecule has 1 aliphatic rings. The van der Waals surface area contributed by atoms with E-state index in [0.29, 0.717) is 48.1 Å². The van der Waals surface area contributed by atoms with E-state index in [-0.39, 0.29) is 18.2 Å². The lowest BCUT2D eigenvalue weighted by atomic mass is 9.99. The van der Waals surface area contributed by atoms with Crippen LogP contribution in [0.3, 0.4) is 0 Å².